The summed E-state index contributed by atoms with van der Waals surface area (Å²) >= 11 is 0. The summed E-state index contributed by atoms with van der Waals surface area (Å²) in [7, 11) is 0. The van der Waals surface area contributed by atoms with E-state index in [4.69, 9.17) is 51.1 Å². The number of hydrogen-bond acceptors (Lipinski definition) is 10. The largest absolute Gasteiger partial charge is 0.481 e. The Labute approximate surface area is 169 Å². The van der Waals surface area contributed by atoms with Gasteiger partial charge in [-0.1, -0.05) is 13.5 Å². The molecule has 0 aliphatic carbocycles. The quantitative estimate of drug-likeness (QED) is 0.156. The molecule has 0 radical (unpaired) electrons. The number of aliphatic hydroxyl groups excluding tert-OH is 8. The number of carboxylic acid groups (broad SMARTS) is 2. The number of rotatable bonds is 10. The van der Waals surface area contributed by atoms with Crippen molar-refractivity contribution in [3.05, 3.63) is 12.2 Å². The maximum Gasteiger partial charge on any atom is 0.330 e. The molecule has 0 rings (SSSR count). The zero-order valence-electron chi connectivity index (χ0n) is 16.9. The van der Waals surface area contributed by atoms with Crippen LogP contribution in [0.25, 0.3) is 0 Å². The summed E-state index contributed by atoms with van der Waals surface area (Å²) < 4.78 is 0. The first-order chi connectivity index (χ1) is 13.4. The average Bonchev–Trinajstić information content (AvgIpc) is 2.73. The number of aliphatic carboxylic acids is 2. The summed E-state index contributed by atoms with van der Waals surface area (Å²) in [4.78, 5) is 19.0. The molecule has 0 aliphatic rings. The van der Waals surface area contributed by atoms with Gasteiger partial charge in [0.25, 0.3) is 0 Å². The zero-order valence-corrected chi connectivity index (χ0v) is 16.9. The van der Waals surface area contributed by atoms with Gasteiger partial charge in [-0.05, 0) is 6.92 Å². The van der Waals surface area contributed by atoms with Crippen LogP contribution >= 0.6 is 0 Å². The van der Waals surface area contributed by atoms with Crippen molar-refractivity contribution in [1.82, 2.24) is 0 Å². The molecular formula is C17H36O12. The van der Waals surface area contributed by atoms with Gasteiger partial charge in [0.15, 0.2) is 0 Å². The molecule has 0 saturated carbocycles. The van der Waals surface area contributed by atoms with E-state index in [1.54, 1.807) is 6.92 Å². The average molecular weight is 432 g/mol. The molecule has 0 spiro atoms. The lowest BCUT2D eigenvalue weighted by Crippen LogP contribution is -2.37. The normalized spacial score (nSPS) is 10.3. The first-order valence-electron chi connectivity index (χ1n) is 8.38. The Bertz CT molecular complexity index is 350. The Morgan fingerprint density at radius 1 is 0.655 bits per heavy atom. The molecule has 176 valence electrons. The third kappa shape index (κ3) is 19.4. The third-order valence-corrected chi connectivity index (χ3v) is 3.35. The van der Waals surface area contributed by atoms with Gasteiger partial charge in [0.1, 0.15) is 0 Å². The van der Waals surface area contributed by atoms with Gasteiger partial charge in [-0.15, -0.1) is 0 Å². The van der Waals surface area contributed by atoms with Gasteiger partial charge in [0.05, 0.1) is 63.7 Å². The maximum absolute atomic E-state index is 9.60. The van der Waals surface area contributed by atoms with Crippen molar-refractivity contribution in [3.8, 4) is 0 Å². The summed E-state index contributed by atoms with van der Waals surface area (Å²) in [6.45, 7) is 2.95. The van der Waals surface area contributed by atoms with Crippen LogP contribution in [0.4, 0.5) is 0 Å². The molecule has 12 heteroatoms. The lowest BCUT2D eigenvalue weighted by molar-refractivity contribution is -0.136. The van der Waals surface area contributed by atoms with Crippen LogP contribution in [-0.2, 0) is 9.59 Å². The van der Waals surface area contributed by atoms with E-state index in [2.05, 4.69) is 6.58 Å². The molecule has 0 unspecified atom stereocenters. The minimum atomic E-state index is -1.11. The molecule has 0 amide bonds. The predicted octanol–water partition coefficient (Wildman–Crippen LogP) is -2.99. The molecule has 0 atom stereocenters. The van der Waals surface area contributed by atoms with Crippen molar-refractivity contribution >= 4 is 11.9 Å². The molecular weight excluding hydrogens is 396 g/mol. The molecule has 0 heterocycles. The van der Waals surface area contributed by atoms with Gasteiger partial charge < -0.3 is 51.1 Å². The summed E-state index contributed by atoms with van der Waals surface area (Å²) in [5, 5.41) is 83.6. The Balaban J connectivity index is -0.000000148. The molecule has 0 bridgehead atoms. The molecule has 12 nitrogen and oxygen atoms in total. The van der Waals surface area contributed by atoms with Crippen molar-refractivity contribution in [3.63, 3.8) is 0 Å². The standard InChI is InChI=1S/2C5H12O4.C4H6O2.C3H6O2/c2*6-1-5(2-7,3-8)4-9;1-3(2)4(5)6;1-2-3(4)5/h2*6-9H,1-4H2;1H2,2H3,(H,5,6);2H2,1H3,(H,4,5). The van der Waals surface area contributed by atoms with Gasteiger partial charge in [-0.25, -0.2) is 4.79 Å². The van der Waals surface area contributed by atoms with Crippen LogP contribution < -0.4 is 0 Å². The van der Waals surface area contributed by atoms with Crippen LogP contribution in [-0.4, -0.2) is 116 Å². The van der Waals surface area contributed by atoms with E-state index in [1.807, 2.05) is 0 Å². The van der Waals surface area contributed by atoms with E-state index < -0.39 is 75.6 Å². The molecule has 0 aromatic rings. The van der Waals surface area contributed by atoms with E-state index in [0.717, 1.165) is 0 Å². The maximum atomic E-state index is 9.60. The van der Waals surface area contributed by atoms with Gasteiger partial charge in [0.2, 0.25) is 0 Å². The molecule has 0 aromatic carbocycles. The highest BCUT2D eigenvalue weighted by molar-refractivity contribution is 5.84. The molecule has 0 saturated heterocycles. The molecule has 10 N–H and O–H groups in total. The highest BCUT2D eigenvalue weighted by Gasteiger charge is 2.27. The third-order valence-electron chi connectivity index (χ3n) is 3.35. The number of carboxylic acids is 2. The molecule has 0 aliphatic heterocycles. The van der Waals surface area contributed by atoms with Crippen molar-refractivity contribution in [2.24, 2.45) is 10.8 Å². The van der Waals surface area contributed by atoms with Crippen LogP contribution in [0.3, 0.4) is 0 Å². The highest BCUT2D eigenvalue weighted by atomic mass is 16.4. The number of aliphatic hydroxyl groups is 8. The van der Waals surface area contributed by atoms with Crippen molar-refractivity contribution in [2.75, 3.05) is 52.9 Å². The molecule has 29 heavy (non-hydrogen) atoms. The van der Waals surface area contributed by atoms with Gasteiger partial charge in [-0.2, -0.15) is 0 Å². The van der Waals surface area contributed by atoms with Crippen LogP contribution in [0.2, 0.25) is 0 Å². The Hall–Kier alpha value is -1.64. The highest BCUT2D eigenvalue weighted by Crippen LogP contribution is 2.12. The molecule has 0 aromatic heterocycles. The van der Waals surface area contributed by atoms with Gasteiger partial charge in [0, 0.05) is 12.0 Å². The lowest BCUT2D eigenvalue weighted by Gasteiger charge is -2.23. The van der Waals surface area contributed by atoms with Crippen LogP contribution in [0.1, 0.15) is 20.3 Å². The van der Waals surface area contributed by atoms with E-state index >= 15 is 0 Å². The zero-order chi connectivity index (χ0) is 24.1. The number of hydrogen-bond donors (Lipinski definition) is 10. The Morgan fingerprint density at radius 3 is 0.793 bits per heavy atom. The first-order valence-corrected chi connectivity index (χ1v) is 8.38. The minimum absolute atomic E-state index is 0.176. The van der Waals surface area contributed by atoms with Crippen molar-refractivity contribution < 1.29 is 60.7 Å². The second kappa shape index (κ2) is 21.1. The van der Waals surface area contributed by atoms with Gasteiger partial charge in [-0.3, -0.25) is 4.79 Å². The summed E-state index contributed by atoms with van der Waals surface area (Å²) in [5.74, 6) is -1.68. The van der Waals surface area contributed by atoms with Crippen molar-refractivity contribution in [1.29, 1.82) is 0 Å². The fraction of sp³-hybridized carbons (Fsp3) is 0.765. The summed E-state index contributed by atoms with van der Waals surface area (Å²) in [5.41, 5.74) is -2.05. The smallest absolute Gasteiger partial charge is 0.330 e. The van der Waals surface area contributed by atoms with E-state index in [9.17, 15) is 9.59 Å². The van der Waals surface area contributed by atoms with E-state index in [0.29, 0.717) is 0 Å². The van der Waals surface area contributed by atoms with Gasteiger partial charge >= 0.3 is 11.9 Å². The van der Waals surface area contributed by atoms with Crippen LogP contribution in [0.15, 0.2) is 12.2 Å². The topological polar surface area (TPSA) is 236 Å². The number of carbonyl (C=O) groups is 2. The van der Waals surface area contributed by atoms with E-state index in [1.165, 1.54) is 6.92 Å². The second-order valence-corrected chi connectivity index (χ2v) is 6.10. The first kappa shape index (κ1) is 34.8. The predicted molar refractivity (Wildman–Crippen MR) is 102 cm³/mol. The fourth-order valence-corrected chi connectivity index (χ4v) is 0.600. The fourth-order valence-electron chi connectivity index (χ4n) is 0.600. The van der Waals surface area contributed by atoms with E-state index in [-0.39, 0.29) is 12.0 Å². The lowest BCUT2D eigenvalue weighted by atomic mass is 9.93. The molecule has 0 fully saturated rings. The second-order valence-electron chi connectivity index (χ2n) is 6.10. The minimum Gasteiger partial charge on any atom is -0.481 e. The van der Waals surface area contributed by atoms with Crippen LogP contribution in [0.5, 0.6) is 0 Å². The SMILES string of the molecule is C=C(C)C(=O)O.CCC(=O)O.OCC(CO)(CO)CO.OCC(CO)(CO)CO. The monoisotopic (exact) mass is 432 g/mol. The Kier molecular flexibility index (Phi) is 25.3. The summed E-state index contributed by atoms with van der Waals surface area (Å²) in [6, 6.07) is 0. The summed E-state index contributed by atoms with van der Waals surface area (Å²) in [6.07, 6.45) is 0.222. The van der Waals surface area contributed by atoms with Crippen LogP contribution in [0, 0.1) is 10.8 Å². The van der Waals surface area contributed by atoms with Crippen molar-refractivity contribution in [2.45, 2.75) is 20.3 Å². The Morgan fingerprint density at radius 2 is 0.793 bits per heavy atom.